The van der Waals surface area contributed by atoms with Crippen LogP contribution in [0, 0.1) is 0 Å². The van der Waals surface area contributed by atoms with Gasteiger partial charge in [0.1, 0.15) is 0 Å². The van der Waals surface area contributed by atoms with Gasteiger partial charge >= 0.3 is 6.18 Å². The van der Waals surface area contributed by atoms with Crippen LogP contribution < -0.4 is 0 Å². The number of methoxy groups -OCH3 is 1. The lowest BCUT2D eigenvalue weighted by Gasteiger charge is -2.38. The van der Waals surface area contributed by atoms with E-state index in [2.05, 4.69) is 22.4 Å². The van der Waals surface area contributed by atoms with E-state index in [4.69, 9.17) is 4.74 Å². The fraction of sp³-hybridized carbons (Fsp3) is 0.462. The molecule has 1 aromatic carbocycles. The highest BCUT2D eigenvalue weighted by Gasteiger charge is 2.35. The van der Waals surface area contributed by atoms with E-state index in [0.29, 0.717) is 13.1 Å². The molecule has 1 aromatic rings. The van der Waals surface area contributed by atoms with Crippen molar-refractivity contribution in [1.29, 1.82) is 0 Å². The average Bonchev–Trinajstić information content (AvgIpc) is 2.33. The molecule has 20 heavy (non-hydrogen) atoms. The summed E-state index contributed by atoms with van der Waals surface area (Å²) in [5.74, 6) is 0. The quantitative estimate of drug-likeness (QED) is 0.630. The Kier molecular flexibility index (Phi) is 4.55. The number of benzene rings is 1. The summed E-state index contributed by atoms with van der Waals surface area (Å²) in [6, 6.07) is 3.95. The van der Waals surface area contributed by atoms with E-state index in [1.165, 1.54) is 12.1 Å². The van der Waals surface area contributed by atoms with Crippen LogP contribution in [0.2, 0.25) is 0 Å². The van der Waals surface area contributed by atoms with Gasteiger partial charge in [-0.2, -0.15) is 18.2 Å². The molecular formula is C13H13F3N2OS. The number of thiocarbonyl (C=S) groups is 1. The third kappa shape index (κ3) is 3.43. The molecule has 0 unspecified atom stereocenters. The van der Waals surface area contributed by atoms with Crippen LogP contribution in [0.5, 0.6) is 0 Å². The smallest absolute Gasteiger partial charge is 0.379 e. The molecule has 0 spiro atoms. The molecule has 1 heterocycles. The number of rotatable bonds is 4. The third-order valence-corrected chi connectivity index (χ3v) is 3.32. The molecule has 7 heteroatoms. The van der Waals surface area contributed by atoms with E-state index < -0.39 is 11.7 Å². The van der Waals surface area contributed by atoms with Gasteiger partial charge in [-0.25, -0.2) is 0 Å². The van der Waals surface area contributed by atoms with E-state index in [1.807, 2.05) is 4.90 Å². The number of alkyl halides is 3. The summed E-state index contributed by atoms with van der Waals surface area (Å²) in [7, 11) is 1.60. The zero-order chi connectivity index (χ0) is 14.8. The Balaban J connectivity index is 2.21. The second-order valence-corrected chi connectivity index (χ2v) is 4.78. The van der Waals surface area contributed by atoms with E-state index in [-0.39, 0.29) is 23.9 Å². The van der Waals surface area contributed by atoms with Crippen LogP contribution in [0.3, 0.4) is 0 Å². The van der Waals surface area contributed by atoms with Crippen LogP contribution in [-0.2, 0) is 17.5 Å². The van der Waals surface area contributed by atoms with Crippen LogP contribution in [0.1, 0.15) is 11.1 Å². The standard InChI is InChI=1S/C13H13F3N2OS/c1-19-11-6-18(7-11)5-9-2-3-10(17-8-20)4-12(9)13(14,15)16/h2-4,11H,5-7H2,1H3. The van der Waals surface area contributed by atoms with Crippen molar-refractivity contribution in [2.24, 2.45) is 4.99 Å². The van der Waals surface area contributed by atoms with Gasteiger partial charge in [0.25, 0.3) is 0 Å². The van der Waals surface area contributed by atoms with Crippen molar-refractivity contribution in [3.63, 3.8) is 0 Å². The monoisotopic (exact) mass is 302 g/mol. The van der Waals surface area contributed by atoms with Crippen LogP contribution in [0.15, 0.2) is 23.2 Å². The van der Waals surface area contributed by atoms with E-state index in [1.54, 1.807) is 7.11 Å². The van der Waals surface area contributed by atoms with E-state index >= 15 is 0 Å². The number of aliphatic imine (C=N–C) groups is 1. The Labute approximate surface area is 120 Å². The average molecular weight is 302 g/mol. The number of likely N-dealkylation sites (tertiary alicyclic amines) is 1. The predicted octanol–water partition coefficient (Wildman–Crippen LogP) is 3.27. The van der Waals surface area contributed by atoms with Gasteiger partial charge in [0.2, 0.25) is 0 Å². The van der Waals surface area contributed by atoms with Gasteiger partial charge < -0.3 is 4.74 Å². The van der Waals surface area contributed by atoms with E-state index in [0.717, 1.165) is 6.07 Å². The molecule has 1 fully saturated rings. The zero-order valence-electron chi connectivity index (χ0n) is 10.8. The summed E-state index contributed by atoms with van der Waals surface area (Å²) >= 11 is 4.41. The number of nitrogens with zero attached hydrogens (tertiary/aromatic N) is 2. The molecule has 108 valence electrons. The first-order valence-corrected chi connectivity index (χ1v) is 6.38. The third-order valence-electron chi connectivity index (χ3n) is 3.22. The SMILES string of the molecule is COC1CN(Cc2ccc(N=C=S)cc2C(F)(F)F)C1. The fourth-order valence-corrected chi connectivity index (χ4v) is 2.24. The molecule has 1 aliphatic rings. The van der Waals surface area contributed by atoms with Crippen LogP contribution in [0.4, 0.5) is 18.9 Å². The normalized spacial score (nSPS) is 16.6. The molecule has 0 amide bonds. The molecule has 0 radical (unpaired) electrons. The predicted molar refractivity (Wildman–Crippen MR) is 72.2 cm³/mol. The molecule has 0 aromatic heterocycles. The highest BCUT2D eigenvalue weighted by atomic mass is 32.1. The Hall–Kier alpha value is -1.27. The van der Waals surface area contributed by atoms with Gasteiger partial charge in [0.05, 0.1) is 22.5 Å². The maximum atomic E-state index is 13.1. The van der Waals surface area contributed by atoms with Crippen molar-refractivity contribution >= 4 is 23.1 Å². The number of isothiocyanates is 1. The maximum absolute atomic E-state index is 13.1. The summed E-state index contributed by atoms with van der Waals surface area (Å²) < 4.78 is 44.3. The topological polar surface area (TPSA) is 24.8 Å². The molecule has 1 saturated heterocycles. The minimum absolute atomic E-state index is 0.114. The summed E-state index contributed by atoms with van der Waals surface area (Å²) in [4.78, 5) is 5.50. The number of hydrogen-bond donors (Lipinski definition) is 0. The molecule has 0 N–H and O–H groups in total. The molecule has 2 rings (SSSR count). The molecule has 1 aliphatic heterocycles. The molecule has 0 atom stereocenters. The van der Waals surface area contributed by atoms with Gasteiger partial charge in [0.15, 0.2) is 0 Å². The second-order valence-electron chi connectivity index (χ2n) is 4.59. The highest BCUT2D eigenvalue weighted by Crippen LogP contribution is 2.35. The summed E-state index contributed by atoms with van der Waals surface area (Å²) in [6.07, 6.45) is -4.29. The summed E-state index contributed by atoms with van der Waals surface area (Å²) in [5.41, 5.74) is -0.283. The minimum atomic E-state index is -4.41. The molecule has 0 bridgehead atoms. The zero-order valence-corrected chi connectivity index (χ0v) is 11.6. The van der Waals surface area contributed by atoms with Crippen LogP contribution in [0.25, 0.3) is 0 Å². The number of halogens is 3. The molecule has 0 aliphatic carbocycles. The first-order chi connectivity index (χ1) is 9.44. The van der Waals surface area contributed by atoms with Crippen molar-refractivity contribution < 1.29 is 17.9 Å². The summed E-state index contributed by atoms with van der Waals surface area (Å²) in [5, 5.41) is 2.07. The largest absolute Gasteiger partial charge is 0.416 e. The van der Waals surface area contributed by atoms with Gasteiger partial charge in [-0.05, 0) is 29.9 Å². The Morgan fingerprint density at radius 3 is 2.70 bits per heavy atom. The van der Waals surface area contributed by atoms with E-state index in [9.17, 15) is 13.2 Å². The van der Waals surface area contributed by atoms with Gasteiger partial charge in [-0.15, -0.1) is 0 Å². The molecular weight excluding hydrogens is 289 g/mol. The second kappa shape index (κ2) is 6.01. The first kappa shape index (κ1) is 15.1. The van der Waals surface area contributed by atoms with Crippen LogP contribution in [-0.4, -0.2) is 36.4 Å². The van der Waals surface area contributed by atoms with Crippen molar-refractivity contribution in [3.05, 3.63) is 29.3 Å². The van der Waals surface area contributed by atoms with Gasteiger partial charge in [0, 0.05) is 26.7 Å². The van der Waals surface area contributed by atoms with Gasteiger partial charge in [-0.1, -0.05) is 6.07 Å². The lowest BCUT2D eigenvalue weighted by molar-refractivity contribution is -0.138. The number of ether oxygens (including phenoxy) is 1. The maximum Gasteiger partial charge on any atom is 0.416 e. The Morgan fingerprint density at radius 1 is 1.45 bits per heavy atom. The first-order valence-electron chi connectivity index (χ1n) is 5.97. The lowest BCUT2D eigenvalue weighted by atomic mass is 10.0. The fourth-order valence-electron chi connectivity index (χ4n) is 2.13. The molecule has 0 saturated carbocycles. The van der Waals surface area contributed by atoms with Crippen LogP contribution >= 0.6 is 12.2 Å². The minimum Gasteiger partial charge on any atom is -0.379 e. The van der Waals surface area contributed by atoms with Crippen molar-refractivity contribution in [2.45, 2.75) is 18.8 Å². The lowest BCUT2D eigenvalue weighted by Crippen LogP contribution is -2.51. The molecule has 3 nitrogen and oxygen atoms in total. The van der Waals surface area contributed by atoms with Gasteiger partial charge in [-0.3, -0.25) is 4.90 Å². The Morgan fingerprint density at radius 2 is 2.15 bits per heavy atom. The van der Waals surface area contributed by atoms with Crippen molar-refractivity contribution in [3.8, 4) is 0 Å². The Bertz CT molecular complexity index is 535. The summed E-state index contributed by atoms with van der Waals surface area (Å²) in [6.45, 7) is 1.54. The highest BCUT2D eigenvalue weighted by molar-refractivity contribution is 7.78. The van der Waals surface area contributed by atoms with Crippen molar-refractivity contribution in [2.75, 3.05) is 20.2 Å². The number of hydrogen-bond acceptors (Lipinski definition) is 4. The van der Waals surface area contributed by atoms with Crippen molar-refractivity contribution in [1.82, 2.24) is 4.90 Å².